The summed E-state index contributed by atoms with van der Waals surface area (Å²) in [5, 5.41) is 0. The van der Waals surface area contributed by atoms with E-state index in [9.17, 15) is 0 Å². The van der Waals surface area contributed by atoms with Crippen LogP contribution in [0.1, 0.15) is 0 Å². The fraction of sp³-hybridized carbons (Fsp3) is 0. The maximum atomic E-state index is 0. The Morgan fingerprint density at radius 1 is 0.500 bits per heavy atom. The second-order valence-electron chi connectivity index (χ2n) is 0. The Labute approximate surface area is 63.8 Å². The maximum absolute atomic E-state index is 0. The van der Waals surface area contributed by atoms with E-state index in [-0.39, 0.29) is 63.7 Å². The normalized spacial score (nSPS) is 0. The SMILES string of the molecule is [Ir+4].[O-2].[O-2].[O-2].[O-2].[Ti+4]. The molecule has 0 rings (SSSR count). The first-order valence-corrected chi connectivity index (χ1v) is 0. The van der Waals surface area contributed by atoms with E-state index in [1.807, 2.05) is 0 Å². The molecule has 0 amide bonds. The molecule has 0 aromatic heterocycles. The summed E-state index contributed by atoms with van der Waals surface area (Å²) in [5.41, 5.74) is 0. The smallest absolute Gasteiger partial charge is 2.00 e. The molecule has 6 heavy (non-hydrogen) atoms. The number of hydrogen-bond acceptors (Lipinski definition) is 0. The zero-order chi connectivity index (χ0) is 0. The van der Waals surface area contributed by atoms with E-state index in [0.29, 0.717) is 0 Å². The molecular weight excluding hydrogens is 304 g/mol. The van der Waals surface area contributed by atoms with E-state index in [2.05, 4.69) is 0 Å². The summed E-state index contributed by atoms with van der Waals surface area (Å²) < 4.78 is 0. The standard InChI is InChI=1S/Ir.4O.Ti/q+4;4*-2;+4. The summed E-state index contributed by atoms with van der Waals surface area (Å²) in [6.45, 7) is 0. The largest absolute Gasteiger partial charge is 4.00 e. The van der Waals surface area contributed by atoms with Gasteiger partial charge < -0.3 is 21.9 Å². The van der Waals surface area contributed by atoms with Crippen molar-refractivity contribution in [2.45, 2.75) is 0 Å². The summed E-state index contributed by atoms with van der Waals surface area (Å²) in [6, 6.07) is 0. The summed E-state index contributed by atoms with van der Waals surface area (Å²) in [5.74, 6) is 0. The van der Waals surface area contributed by atoms with Crippen molar-refractivity contribution in [2.24, 2.45) is 0 Å². The summed E-state index contributed by atoms with van der Waals surface area (Å²) in [6.07, 6.45) is 0. The molecule has 0 fully saturated rings. The van der Waals surface area contributed by atoms with Gasteiger partial charge in [0.1, 0.15) is 0 Å². The van der Waals surface area contributed by atoms with Crippen LogP contribution in [0.3, 0.4) is 0 Å². The second-order valence-corrected chi connectivity index (χ2v) is 0. The van der Waals surface area contributed by atoms with Crippen molar-refractivity contribution in [2.75, 3.05) is 0 Å². The molecule has 0 aliphatic rings. The molecule has 0 saturated heterocycles. The Bertz CT molecular complexity index is 7.51. The quantitative estimate of drug-likeness (QED) is 0.538. The third-order valence-corrected chi connectivity index (χ3v) is 0. The van der Waals surface area contributed by atoms with E-state index in [0.717, 1.165) is 0 Å². The van der Waals surface area contributed by atoms with Crippen LogP contribution in [0.2, 0.25) is 0 Å². The average molecular weight is 304 g/mol. The van der Waals surface area contributed by atoms with Crippen LogP contribution in [-0.2, 0) is 63.7 Å². The minimum Gasteiger partial charge on any atom is -2.00 e. The average Bonchev–Trinajstić information content (AvgIpc) is 0. The van der Waals surface area contributed by atoms with E-state index >= 15 is 0 Å². The molecule has 0 aliphatic heterocycles. The van der Waals surface area contributed by atoms with Crippen molar-refractivity contribution in [1.82, 2.24) is 0 Å². The molecular formula is IrO4Ti. The molecule has 4 nitrogen and oxygen atoms in total. The molecule has 0 aromatic carbocycles. The molecule has 37 valence electrons. The summed E-state index contributed by atoms with van der Waals surface area (Å²) >= 11 is 0. The van der Waals surface area contributed by atoms with Crippen LogP contribution < -0.4 is 0 Å². The van der Waals surface area contributed by atoms with Crippen molar-refractivity contribution in [3.63, 3.8) is 0 Å². The van der Waals surface area contributed by atoms with Gasteiger partial charge in [-0.15, -0.1) is 0 Å². The Balaban J connectivity index is 0. The molecule has 0 aromatic rings. The van der Waals surface area contributed by atoms with Gasteiger partial charge in [-0.25, -0.2) is 0 Å². The Kier molecular flexibility index (Phi) is 3700. The van der Waals surface area contributed by atoms with Gasteiger partial charge in [0.25, 0.3) is 0 Å². The van der Waals surface area contributed by atoms with E-state index < -0.39 is 0 Å². The van der Waals surface area contributed by atoms with Crippen molar-refractivity contribution < 1.29 is 63.7 Å². The van der Waals surface area contributed by atoms with Gasteiger partial charge in [-0.2, -0.15) is 0 Å². The van der Waals surface area contributed by atoms with Crippen LogP contribution >= 0.6 is 0 Å². The fourth-order valence-electron chi connectivity index (χ4n) is 0. The Hall–Kier alpha value is 1.20. The van der Waals surface area contributed by atoms with E-state index in [1.165, 1.54) is 0 Å². The van der Waals surface area contributed by atoms with Crippen LogP contribution in [0, 0.1) is 0 Å². The molecule has 6 heteroatoms. The molecule has 0 heterocycles. The summed E-state index contributed by atoms with van der Waals surface area (Å²) in [7, 11) is 0. The zero-order valence-electron chi connectivity index (χ0n) is 2.47. The van der Waals surface area contributed by atoms with E-state index in [1.54, 1.807) is 0 Å². The predicted molar refractivity (Wildman–Crippen MR) is 2.75 cm³/mol. The van der Waals surface area contributed by atoms with Crippen molar-refractivity contribution in [3.05, 3.63) is 0 Å². The van der Waals surface area contributed by atoms with Gasteiger partial charge in [0.2, 0.25) is 0 Å². The van der Waals surface area contributed by atoms with Crippen molar-refractivity contribution in [1.29, 1.82) is 0 Å². The first kappa shape index (κ1) is 191. The second kappa shape index (κ2) is 116. The van der Waals surface area contributed by atoms with Gasteiger partial charge >= 0.3 is 41.8 Å². The van der Waals surface area contributed by atoms with Gasteiger partial charge in [0, 0.05) is 0 Å². The Morgan fingerprint density at radius 2 is 0.500 bits per heavy atom. The minimum atomic E-state index is 0. The van der Waals surface area contributed by atoms with Gasteiger partial charge in [0.05, 0.1) is 0 Å². The van der Waals surface area contributed by atoms with Gasteiger partial charge in [0.15, 0.2) is 0 Å². The summed E-state index contributed by atoms with van der Waals surface area (Å²) in [4.78, 5) is 0. The zero-order valence-corrected chi connectivity index (χ0v) is 6.42. The first-order chi connectivity index (χ1) is 0. The third kappa shape index (κ3) is 63.5. The molecule has 1 radical (unpaired) electrons. The van der Waals surface area contributed by atoms with Crippen LogP contribution in [0.4, 0.5) is 0 Å². The van der Waals surface area contributed by atoms with Gasteiger partial charge in [-0.1, -0.05) is 0 Å². The molecule has 0 saturated carbocycles. The Morgan fingerprint density at radius 3 is 0.500 bits per heavy atom. The third-order valence-electron chi connectivity index (χ3n) is 0. The number of hydrogen-bond donors (Lipinski definition) is 0. The molecule has 0 unspecified atom stereocenters. The van der Waals surface area contributed by atoms with E-state index in [4.69, 9.17) is 0 Å². The molecule has 0 aliphatic carbocycles. The van der Waals surface area contributed by atoms with Crippen molar-refractivity contribution >= 4 is 0 Å². The first-order valence-electron chi connectivity index (χ1n) is 0. The topological polar surface area (TPSA) is 114 Å². The van der Waals surface area contributed by atoms with Crippen LogP contribution in [-0.4, -0.2) is 0 Å². The van der Waals surface area contributed by atoms with Crippen LogP contribution in [0.5, 0.6) is 0 Å². The van der Waals surface area contributed by atoms with Gasteiger partial charge in [-0.05, 0) is 0 Å². The van der Waals surface area contributed by atoms with Crippen molar-refractivity contribution in [3.8, 4) is 0 Å². The predicted octanol–water partition coefficient (Wildman–Crippen LogP) is -0.480. The maximum Gasteiger partial charge on any atom is 4.00 e. The monoisotopic (exact) mass is 305 g/mol. The van der Waals surface area contributed by atoms with Crippen LogP contribution in [0.25, 0.3) is 0 Å². The molecule has 0 spiro atoms. The fourth-order valence-corrected chi connectivity index (χ4v) is 0. The minimum absolute atomic E-state index is 0. The van der Waals surface area contributed by atoms with Crippen LogP contribution in [0.15, 0.2) is 0 Å². The number of rotatable bonds is 0. The molecule has 0 N–H and O–H groups in total. The van der Waals surface area contributed by atoms with Gasteiger partial charge in [-0.3, -0.25) is 0 Å². The molecule has 0 atom stereocenters. The molecule has 0 bridgehead atoms.